The number of ether oxygens (including phenoxy) is 2. The van der Waals surface area contributed by atoms with Crippen molar-refractivity contribution in [3.05, 3.63) is 53.0 Å². The second-order valence-corrected chi connectivity index (χ2v) is 11.4. The van der Waals surface area contributed by atoms with Gasteiger partial charge < -0.3 is 14.4 Å². The van der Waals surface area contributed by atoms with Gasteiger partial charge in [0.1, 0.15) is 23.1 Å². The van der Waals surface area contributed by atoms with E-state index in [1.54, 1.807) is 32.9 Å². The molecule has 0 saturated carbocycles. The Bertz CT molecular complexity index is 1130. The van der Waals surface area contributed by atoms with E-state index >= 15 is 0 Å². The molecule has 2 N–H and O–H groups in total. The van der Waals surface area contributed by atoms with Gasteiger partial charge in [0.05, 0.1) is 4.90 Å². The van der Waals surface area contributed by atoms with Gasteiger partial charge in [-0.3, -0.25) is 10.0 Å². The van der Waals surface area contributed by atoms with Gasteiger partial charge in [-0.15, -0.1) is 0 Å². The average molecular weight is 556 g/mol. The molecule has 1 fully saturated rings. The summed E-state index contributed by atoms with van der Waals surface area (Å²) in [4.78, 5) is 25.9. The Morgan fingerprint density at radius 3 is 2.12 bits per heavy atom. The molecule has 0 bridgehead atoms. The maximum atomic E-state index is 13.3. The lowest BCUT2D eigenvalue weighted by atomic mass is 10.2. The number of amides is 2. The molecule has 1 saturated heterocycles. The molecular weight excluding hydrogens is 530 g/mol. The van der Waals surface area contributed by atoms with Gasteiger partial charge in [-0.2, -0.15) is 4.31 Å². The number of hydrogen-bond donors (Lipinski definition) is 2. The van der Waals surface area contributed by atoms with E-state index in [4.69, 9.17) is 9.47 Å². The van der Waals surface area contributed by atoms with Crippen LogP contribution >= 0.6 is 15.9 Å². The van der Waals surface area contributed by atoms with Crippen LogP contribution in [0.15, 0.2) is 57.9 Å². The standard InChI is InChI=1S/C22H26BrN3O7S/c1-22(2,3)33-21(28)25-12-13-26(19(14-25)20(27)24-29)34(30,31)18-10-8-17(9-11-18)32-16-6-4-15(23)5-7-16/h4-11,19,29H,12-14H2,1-3H3,(H,24,27)/t19-/m1/s1. The number of carbonyl (C=O) groups is 2. The van der Waals surface area contributed by atoms with Gasteiger partial charge in [-0.05, 0) is 69.3 Å². The minimum atomic E-state index is -4.12. The van der Waals surface area contributed by atoms with Crippen LogP contribution in [-0.4, -0.2) is 66.1 Å². The normalized spacial score (nSPS) is 17.2. The Labute approximate surface area is 206 Å². The van der Waals surface area contributed by atoms with Crippen LogP contribution in [-0.2, 0) is 19.6 Å². The number of benzene rings is 2. The van der Waals surface area contributed by atoms with Crippen LogP contribution < -0.4 is 10.2 Å². The fourth-order valence-corrected chi connectivity index (χ4v) is 5.12. The monoisotopic (exact) mass is 555 g/mol. The SMILES string of the molecule is CC(C)(C)OC(=O)N1CCN(S(=O)(=O)c2ccc(Oc3ccc(Br)cc3)cc2)[C@@H](C(=O)NO)C1. The van der Waals surface area contributed by atoms with Crippen LogP contribution in [0, 0.1) is 0 Å². The third-order valence-electron chi connectivity index (χ3n) is 4.88. The van der Waals surface area contributed by atoms with Crippen molar-refractivity contribution in [2.24, 2.45) is 0 Å². The molecule has 0 radical (unpaired) electrons. The molecular formula is C22H26BrN3O7S. The van der Waals surface area contributed by atoms with E-state index in [1.807, 2.05) is 12.1 Å². The summed E-state index contributed by atoms with van der Waals surface area (Å²) < 4.78 is 39.5. The highest BCUT2D eigenvalue weighted by Gasteiger charge is 2.42. The fraction of sp³-hybridized carbons (Fsp3) is 0.364. The van der Waals surface area contributed by atoms with Gasteiger partial charge in [0.25, 0.3) is 5.91 Å². The Balaban J connectivity index is 1.78. The lowest BCUT2D eigenvalue weighted by Crippen LogP contribution is -2.61. The number of sulfonamides is 1. The van der Waals surface area contributed by atoms with E-state index in [0.29, 0.717) is 11.5 Å². The van der Waals surface area contributed by atoms with Crippen LogP contribution in [0.1, 0.15) is 20.8 Å². The van der Waals surface area contributed by atoms with Crippen molar-refractivity contribution in [3.63, 3.8) is 0 Å². The molecule has 184 valence electrons. The second kappa shape index (κ2) is 10.3. The predicted molar refractivity (Wildman–Crippen MR) is 126 cm³/mol. The zero-order chi connectivity index (χ0) is 25.1. The Hall–Kier alpha value is -2.67. The highest BCUT2D eigenvalue weighted by atomic mass is 79.9. The van der Waals surface area contributed by atoms with Gasteiger partial charge >= 0.3 is 6.09 Å². The summed E-state index contributed by atoms with van der Waals surface area (Å²) in [5.74, 6) is 0.0597. The lowest BCUT2D eigenvalue weighted by Gasteiger charge is -2.39. The number of rotatable bonds is 5. The molecule has 0 unspecified atom stereocenters. The molecule has 1 aliphatic heterocycles. The Kier molecular flexibility index (Phi) is 7.86. The zero-order valence-electron chi connectivity index (χ0n) is 18.9. The van der Waals surface area contributed by atoms with E-state index in [0.717, 1.165) is 8.78 Å². The molecule has 2 amide bonds. The van der Waals surface area contributed by atoms with Gasteiger partial charge in [0.15, 0.2) is 0 Å². The number of nitrogens with one attached hydrogen (secondary N) is 1. The molecule has 1 aliphatic rings. The summed E-state index contributed by atoms with van der Waals surface area (Å²) >= 11 is 3.34. The van der Waals surface area contributed by atoms with Gasteiger partial charge in [0, 0.05) is 24.1 Å². The second-order valence-electron chi connectivity index (χ2n) is 8.56. The molecule has 1 heterocycles. The van der Waals surface area contributed by atoms with Gasteiger partial charge in [-0.25, -0.2) is 18.7 Å². The van der Waals surface area contributed by atoms with Crippen molar-refractivity contribution in [3.8, 4) is 11.5 Å². The molecule has 0 spiro atoms. The maximum absolute atomic E-state index is 13.3. The van der Waals surface area contributed by atoms with Crippen LogP contribution in [0.5, 0.6) is 11.5 Å². The minimum Gasteiger partial charge on any atom is -0.457 e. The molecule has 2 aromatic rings. The number of hydroxylamine groups is 1. The van der Waals surface area contributed by atoms with Crippen molar-refractivity contribution >= 4 is 38.0 Å². The van der Waals surface area contributed by atoms with Gasteiger partial charge in [-0.1, -0.05) is 15.9 Å². The largest absolute Gasteiger partial charge is 0.457 e. The van der Waals surface area contributed by atoms with Crippen molar-refractivity contribution < 1.29 is 32.7 Å². The summed E-state index contributed by atoms with van der Waals surface area (Å²) in [5.41, 5.74) is 0.734. The van der Waals surface area contributed by atoms with E-state index in [1.165, 1.54) is 34.6 Å². The molecule has 2 aromatic carbocycles. The Morgan fingerprint density at radius 2 is 1.59 bits per heavy atom. The minimum absolute atomic E-state index is 0.0219. The average Bonchev–Trinajstić information content (AvgIpc) is 2.79. The molecule has 12 heteroatoms. The Morgan fingerprint density at radius 1 is 1.03 bits per heavy atom. The lowest BCUT2D eigenvalue weighted by molar-refractivity contribution is -0.134. The molecule has 0 aromatic heterocycles. The predicted octanol–water partition coefficient (Wildman–Crippen LogP) is 3.36. The summed E-state index contributed by atoms with van der Waals surface area (Å²) in [6.45, 7) is 4.70. The van der Waals surface area contributed by atoms with Gasteiger partial charge in [0.2, 0.25) is 10.0 Å². The first-order valence-corrected chi connectivity index (χ1v) is 12.6. The number of carbonyl (C=O) groups excluding carboxylic acids is 2. The molecule has 0 aliphatic carbocycles. The number of halogens is 1. The molecule has 3 rings (SSSR count). The smallest absolute Gasteiger partial charge is 0.410 e. The number of hydrogen-bond acceptors (Lipinski definition) is 7. The van der Waals surface area contributed by atoms with Crippen LogP contribution in [0.3, 0.4) is 0 Å². The highest BCUT2D eigenvalue weighted by Crippen LogP contribution is 2.27. The molecule has 1 atom stereocenters. The molecule has 34 heavy (non-hydrogen) atoms. The number of nitrogens with zero attached hydrogens (tertiary/aromatic N) is 2. The van der Waals surface area contributed by atoms with E-state index < -0.39 is 33.7 Å². The van der Waals surface area contributed by atoms with E-state index in [2.05, 4.69) is 15.9 Å². The van der Waals surface area contributed by atoms with Crippen molar-refractivity contribution in [2.75, 3.05) is 19.6 Å². The van der Waals surface area contributed by atoms with Crippen molar-refractivity contribution in [1.82, 2.24) is 14.7 Å². The number of piperazine rings is 1. The van der Waals surface area contributed by atoms with Crippen molar-refractivity contribution in [1.29, 1.82) is 0 Å². The fourth-order valence-electron chi connectivity index (χ4n) is 3.29. The topological polar surface area (TPSA) is 125 Å². The van der Waals surface area contributed by atoms with Crippen LogP contribution in [0.2, 0.25) is 0 Å². The summed E-state index contributed by atoms with van der Waals surface area (Å²) in [7, 11) is -4.12. The van der Waals surface area contributed by atoms with Crippen LogP contribution in [0.4, 0.5) is 4.79 Å². The third kappa shape index (κ3) is 6.26. The first kappa shape index (κ1) is 25.9. The summed E-state index contributed by atoms with van der Waals surface area (Å²) in [6, 6.07) is 11.6. The molecule has 10 nitrogen and oxygen atoms in total. The first-order valence-electron chi connectivity index (χ1n) is 10.4. The summed E-state index contributed by atoms with van der Waals surface area (Å²) in [6.07, 6.45) is -0.672. The van der Waals surface area contributed by atoms with E-state index in [9.17, 15) is 23.2 Å². The zero-order valence-corrected chi connectivity index (χ0v) is 21.3. The maximum Gasteiger partial charge on any atom is 0.410 e. The summed E-state index contributed by atoms with van der Waals surface area (Å²) in [5, 5.41) is 9.17. The van der Waals surface area contributed by atoms with Crippen molar-refractivity contribution in [2.45, 2.75) is 37.3 Å². The van der Waals surface area contributed by atoms with Crippen LogP contribution in [0.25, 0.3) is 0 Å². The third-order valence-corrected chi connectivity index (χ3v) is 7.33. The highest BCUT2D eigenvalue weighted by molar-refractivity contribution is 9.10. The quantitative estimate of drug-likeness (QED) is 0.428. The first-order chi connectivity index (χ1) is 15.9. The van der Waals surface area contributed by atoms with E-state index in [-0.39, 0.29) is 24.5 Å².